The first-order valence-corrected chi connectivity index (χ1v) is 10.8. The number of aliphatic hydroxyl groups excluding tert-OH is 1. The van der Waals surface area contributed by atoms with Gasteiger partial charge in [-0.1, -0.05) is 18.2 Å². The van der Waals surface area contributed by atoms with Crippen LogP contribution < -0.4 is 15.4 Å². The van der Waals surface area contributed by atoms with Crippen LogP contribution in [-0.2, 0) is 6.42 Å². The fraction of sp³-hybridized carbons (Fsp3) is 0.316. The molecule has 1 amide bonds. The fourth-order valence-electron chi connectivity index (χ4n) is 3.43. The molecule has 2 aromatic rings. The summed E-state index contributed by atoms with van der Waals surface area (Å²) in [6.07, 6.45) is -2.78. The molecule has 0 spiro atoms. The number of fused-ring (bicyclic) bond motifs is 1. The molecule has 1 heterocycles. The third-order valence-corrected chi connectivity index (χ3v) is 6.08. The normalized spacial score (nSPS) is 20.4. The molecular weight excluding hydrogens is 420 g/mol. The van der Waals surface area contributed by atoms with E-state index in [0.29, 0.717) is 11.8 Å². The van der Waals surface area contributed by atoms with Crippen molar-refractivity contribution in [3.63, 3.8) is 0 Å². The van der Waals surface area contributed by atoms with Crippen LogP contribution in [0.25, 0.3) is 0 Å². The van der Waals surface area contributed by atoms with Gasteiger partial charge < -0.3 is 20.8 Å². The molecule has 1 aliphatic rings. The lowest BCUT2D eigenvalue weighted by molar-refractivity contribution is 0.115. The monoisotopic (exact) mass is 443 g/mol. The molecule has 0 aromatic heterocycles. The number of benzene rings is 2. The van der Waals surface area contributed by atoms with E-state index in [4.69, 9.17) is 5.11 Å². The van der Waals surface area contributed by atoms with Crippen LogP contribution in [0.15, 0.2) is 42.5 Å². The minimum absolute atomic E-state index is 0.0388. The summed E-state index contributed by atoms with van der Waals surface area (Å²) < 4.78 is 49.8. The van der Waals surface area contributed by atoms with E-state index in [1.165, 1.54) is 0 Å². The van der Waals surface area contributed by atoms with Crippen LogP contribution in [0.2, 0.25) is 0 Å². The molecule has 0 saturated carbocycles. The average molecular weight is 443 g/mol. The second kappa shape index (κ2) is 9.14. The quantitative estimate of drug-likeness (QED) is 0.350. The van der Waals surface area contributed by atoms with Crippen molar-refractivity contribution in [1.82, 2.24) is 10.6 Å². The topological polar surface area (TPSA) is 134 Å². The summed E-state index contributed by atoms with van der Waals surface area (Å²) >= 11 is 0. The number of amides is 1. The van der Waals surface area contributed by atoms with Gasteiger partial charge in [0.1, 0.15) is 11.6 Å². The predicted molar refractivity (Wildman–Crippen MR) is 110 cm³/mol. The van der Waals surface area contributed by atoms with Gasteiger partial charge in [0, 0.05) is 12.6 Å². The lowest BCUT2D eigenvalue weighted by Crippen LogP contribution is -2.49. The van der Waals surface area contributed by atoms with Crippen LogP contribution in [0, 0.1) is 11.6 Å². The molecule has 0 saturated heterocycles. The van der Waals surface area contributed by atoms with Crippen LogP contribution in [0.4, 0.5) is 19.3 Å². The molecule has 11 heteroatoms. The Bertz CT molecular complexity index is 897. The van der Waals surface area contributed by atoms with Gasteiger partial charge in [0.15, 0.2) is 0 Å². The van der Waals surface area contributed by atoms with Gasteiger partial charge in [0.2, 0.25) is 0 Å². The highest BCUT2D eigenvalue weighted by molar-refractivity contribution is 8.25. The average Bonchev–Trinajstić information content (AvgIpc) is 2.63. The van der Waals surface area contributed by atoms with Crippen LogP contribution >= 0.6 is 10.8 Å². The predicted octanol–water partition coefficient (Wildman–Crippen LogP) is 2.93. The Hall–Kier alpha value is -2.44. The minimum Gasteiger partial charge on any atom is -0.465 e. The SMILES string of the molecule is O=C(O)N[C@@H](Cc1cc(F)cc(F)c1)[C@@H](O)CNC1CS(O)(O)Nc2ccccc21. The number of halogens is 2. The molecule has 1 aliphatic heterocycles. The molecule has 0 bridgehead atoms. The van der Waals surface area contributed by atoms with Crippen molar-refractivity contribution in [3.05, 3.63) is 65.2 Å². The fourth-order valence-corrected chi connectivity index (χ4v) is 4.82. The molecule has 0 aliphatic carbocycles. The zero-order chi connectivity index (χ0) is 21.9. The molecule has 164 valence electrons. The molecular formula is C19H23F2N3O5S. The lowest BCUT2D eigenvalue weighted by atomic mass is 10.00. The maximum Gasteiger partial charge on any atom is 0.404 e. The summed E-state index contributed by atoms with van der Waals surface area (Å²) in [6, 6.07) is 8.31. The zero-order valence-corrected chi connectivity index (χ0v) is 16.6. The van der Waals surface area contributed by atoms with Crippen molar-refractivity contribution < 1.29 is 32.9 Å². The second-order valence-electron chi connectivity index (χ2n) is 7.09. The van der Waals surface area contributed by atoms with Crippen LogP contribution in [0.1, 0.15) is 17.2 Å². The van der Waals surface area contributed by atoms with Gasteiger partial charge in [0.05, 0.1) is 29.6 Å². The van der Waals surface area contributed by atoms with Crippen molar-refractivity contribution in [3.8, 4) is 0 Å². The van der Waals surface area contributed by atoms with E-state index in [2.05, 4.69) is 15.4 Å². The number of aliphatic hydroxyl groups is 1. The summed E-state index contributed by atoms with van der Waals surface area (Å²) in [5.41, 5.74) is 1.50. The van der Waals surface area contributed by atoms with Crippen LogP contribution in [-0.4, -0.2) is 49.9 Å². The third kappa shape index (κ3) is 5.80. The maximum atomic E-state index is 13.4. The molecule has 0 fully saturated rings. The Morgan fingerprint density at radius 3 is 2.53 bits per heavy atom. The van der Waals surface area contributed by atoms with Crippen LogP contribution in [0.5, 0.6) is 0 Å². The van der Waals surface area contributed by atoms with E-state index in [-0.39, 0.29) is 24.3 Å². The molecule has 8 nitrogen and oxygen atoms in total. The Balaban J connectivity index is 1.71. The summed E-state index contributed by atoms with van der Waals surface area (Å²) in [7, 11) is -3.08. The van der Waals surface area contributed by atoms with Crippen molar-refractivity contribution in [2.24, 2.45) is 0 Å². The number of anilines is 1. The van der Waals surface area contributed by atoms with Gasteiger partial charge >= 0.3 is 6.09 Å². The summed E-state index contributed by atoms with van der Waals surface area (Å²) in [5, 5.41) is 24.8. The first-order chi connectivity index (χ1) is 14.1. The highest BCUT2D eigenvalue weighted by Crippen LogP contribution is 2.48. The lowest BCUT2D eigenvalue weighted by Gasteiger charge is -2.42. The maximum absolute atomic E-state index is 13.4. The number of nitrogens with one attached hydrogen (secondary N) is 3. The van der Waals surface area contributed by atoms with Crippen LogP contribution in [0.3, 0.4) is 0 Å². The van der Waals surface area contributed by atoms with Crippen molar-refractivity contribution >= 4 is 22.6 Å². The van der Waals surface area contributed by atoms with E-state index >= 15 is 0 Å². The van der Waals surface area contributed by atoms with Gasteiger partial charge in [0.25, 0.3) is 0 Å². The first kappa shape index (κ1) is 22.2. The minimum atomic E-state index is -3.08. The Morgan fingerprint density at radius 2 is 1.87 bits per heavy atom. The van der Waals surface area contributed by atoms with E-state index in [1.807, 2.05) is 0 Å². The smallest absolute Gasteiger partial charge is 0.404 e. The van der Waals surface area contributed by atoms with Gasteiger partial charge in [-0.2, -0.15) is 0 Å². The molecule has 0 radical (unpaired) electrons. The van der Waals surface area contributed by atoms with Crippen molar-refractivity contribution in [2.45, 2.75) is 24.6 Å². The number of carbonyl (C=O) groups is 1. The Morgan fingerprint density at radius 1 is 1.20 bits per heavy atom. The molecule has 1 unspecified atom stereocenters. The number of hydrogen-bond donors (Lipinski definition) is 7. The molecule has 2 aromatic carbocycles. The third-order valence-electron chi connectivity index (χ3n) is 4.73. The molecule has 3 rings (SSSR count). The van der Waals surface area contributed by atoms with E-state index in [9.17, 15) is 27.8 Å². The number of para-hydroxylation sites is 1. The Labute approximate surface area is 173 Å². The van der Waals surface area contributed by atoms with Crippen molar-refractivity contribution in [2.75, 3.05) is 17.0 Å². The number of hydrogen-bond acceptors (Lipinski definition) is 6. The summed E-state index contributed by atoms with van der Waals surface area (Å²) in [5.74, 6) is -1.64. The standard InChI is InChI=1S/C19H23F2N3O5S/c20-12-5-11(6-13(21)8-12)7-16(23-19(26)27)18(25)9-22-17-10-30(28,29)24-15-4-2-1-3-14(15)17/h1-6,8,16-18,22-25,28-29H,7,9-10H2,(H,26,27)/t16-,17?,18-/m0/s1. The second-order valence-corrected chi connectivity index (χ2v) is 8.96. The first-order valence-electron chi connectivity index (χ1n) is 9.11. The van der Waals surface area contributed by atoms with Gasteiger partial charge in [-0.15, -0.1) is 10.8 Å². The number of rotatable bonds is 7. The number of carboxylic acid groups (broad SMARTS) is 1. The largest absolute Gasteiger partial charge is 0.465 e. The van der Waals surface area contributed by atoms with Crippen molar-refractivity contribution in [1.29, 1.82) is 0 Å². The zero-order valence-electron chi connectivity index (χ0n) is 15.8. The van der Waals surface area contributed by atoms with Gasteiger partial charge in [-0.3, -0.25) is 13.8 Å². The highest BCUT2D eigenvalue weighted by Gasteiger charge is 2.30. The molecule has 7 N–H and O–H groups in total. The molecule has 3 atom stereocenters. The van der Waals surface area contributed by atoms with E-state index in [0.717, 1.165) is 17.7 Å². The molecule has 30 heavy (non-hydrogen) atoms. The van der Waals surface area contributed by atoms with Gasteiger partial charge in [-0.25, -0.2) is 13.6 Å². The summed E-state index contributed by atoms with van der Waals surface area (Å²) in [4.78, 5) is 11.1. The Kier molecular flexibility index (Phi) is 6.78. The summed E-state index contributed by atoms with van der Waals surface area (Å²) in [6.45, 7) is -0.0999. The van der Waals surface area contributed by atoms with E-state index < -0.39 is 46.7 Å². The highest BCUT2D eigenvalue weighted by atomic mass is 32.3. The van der Waals surface area contributed by atoms with Gasteiger partial charge in [-0.05, 0) is 35.7 Å². The van der Waals surface area contributed by atoms with E-state index in [1.54, 1.807) is 24.3 Å².